The van der Waals surface area contributed by atoms with Crippen LogP contribution in [0.4, 0.5) is 0 Å². The minimum Gasteiger partial charge on any atom is -0.489 e. The molecular formula is C30H25Cl2N5O5S. The van der Waals surface area contributed by atoms with E-state index in [4.69, 9.17) is 42.4 Å². The number of halogens is 2. The van der Waals surface area contributed by atoms with Gasteiger partial charge in [-0.1, -0.05) is 47.1 Å². The Kier molecular flexibility index (Phi) is 9.65. The molecule has 0 aliphatic rings. The summed E-state index contributed by atoms with van der Waals surface area (Å²) in [7, 11) is 0. The summed E-state index contributed by atoms with van der Waals surface area (Å²) in [5, 5.41) is 12.4. The van der Waals surface area contributed by atoms with Crippen molar-refractivity contribution in [1.82, 2.24) is 24.7 Å². The van der Waals surface area contributed by atoms with Gasteiger partial charge in [-0.3, -0.25) is 4.98 Å². The zero-order valence-corrected chi connectivity index (χ0v) is 25.4. The van der Waals surface area contributed by atoms with E-state index in [2.05, 4.69) is 15.0 Å². The van der Waals surface area contributed by atoms with Gasteiger partial charge in [0, 0.05) is 24.2 Å². The highest BCUT2D eigenvalue weighted by atomic mass is 35.5. The molecule has 0 radical (unpaired) electrons. The van der Waals surface area contributed by atoms with Crippen LogP contribution in [0.2, 0.25) is 10.0 Å². The van der Waals surface area contributed by atoms with Gasteiger partial charge in [-0.25, -0.2) is 19.7 Å². The van der Waals surface area contributed by atoms with Gasteiger partial charge in [0.05, 0.1) is 27.9 Å². The molecule has 0 spiro atoms. The summed E-state index contributed by atoms with van der Waals surface area (Å²) in [4.78, 5) is 29.4. The third kappa shape index (κ3) is 7.02. The molecule has 0 fully saturated rings. The summed E-state index contributed by atoms with van der Waals surface area (Å²) in [5.74, 6) is 0.397. The lowest BCUT2D eigenvalue weighted by molar-refractivity contribution is -0.145. The Hall–Kier alpha value is -4.32. The Bertz CT molecular complexity index is 1730. The Morgan fingerprint density at radius 2 is 1.74 bits per heavy atom. The summed E-state index contributed by atoms with van der Waals surface area (Å²) < 4.78 is 17.3. The number of esters is 1. The van der Waals surface area contributed by atoms with Gasteiger partial charge in [0.2, 0.25) is 0 Å². The second-order valence-corrected chi connectivity index (χ2v) is 10.5. The van der Waals surface area contributed by atoms with Crippen molar-refractivity contribution in [3.63, 3.8) is 0 Å². The number of thioether (sulfide) groups is 1. The number of hydrogen-bond acceptors (Lipinski definition) is 10. The lowest BCUT2D eigenvalue weighted by Crippen LogP contribution is -2.14. The van der Waals surface area contributed by atoms with Crippen LogP contribution in [-0.2, 0) is 16.1 Å². The van der Waals surface area contributed by atoms with E-state index < -0.39 is 5.97 Å². The number of nitrogens with zero attached hydrogens (tertiary/aromatic N) is 5. The number of carbonyl (C=O) groups excluding carboxylic acids is 1. The maximum absolute atomic E-state index is 11.7. The first-order chi connectivity index (χ1) is 20.9. The summed E-state index contributed by atoms with van der Waals surface area (Å²) >= 11 is 14.7. The summed E-state index contributed by atoms with van der Waals surface area (Å²) in [6.45, 7) is 1.97. The van der Waals surface area contributed by atoms with Crippen LogP contribution in [0.3, 0.4) is 0 Å². The van der Waals surface area contributed by atoms with Crippen molar-refractivity contribution < 1.29 is 24.2 Å². The van der Waals surface area contributed by atoms with Gasteiger partial charge in [-0.15, -0.1) is 0 Å². The fourth-order valence-corrected chi connectivity index (χ4v) is 5.14. The smallest absolute Gasteiger partial charge is 0.344 e. The van der Waals surface area contributed by atoms with Crippen molar-refractivity contribution in [2.45, 2.75) is 18.7 Å². The normalized spacial score (nSPS) is 10.9. The number of rotatable bonds is 11. The Morgan fingerprint density at radius 3 is 2.47 bits per heavy atom. The molecule has 3 aromatic heterocycles. The fourth-order valence-electron chi connectivity index (χ4n) is 4.15. The van der Waals surface area contributed by atoms with E-state index in [1.54, 1.807) is 31.6 Å². The molecule has 10 nitrogen and oxygen atoms in total. The van der Waals surface area contributed by atoms with E-state index in [0.29, 0.717) is 40.2 Å². The van der Waals surface area contributed by atoms with Gasteiger partial charge in [-0.2, -0.15) is 4.73 Å². The van der Waals surface area contributed by atoms with Crippen molar-refractivity contribution >= 4 is 40.9 Å². The van der Waals surface area contributed by atoms with Crippen molar-refractivity contribution in [2.24, 2.45) is 0 Å². The van der Waals surface area contributed by atoms with Crippen LogP contribution >= 0.6 is 35.0 Å². The minimum atomic E-state index is -0.527. The Balaban J connectivity index is 1.57. The third-order valence-electron chi connectivity index (χ3n) is 6.08. The van der Waals surface area contributed by atoms with Gasteiger partial charge in [0.15, 0.2) is 17.6 Å². The van der Waals surface area contributed by atoms with Crippen molar-refractivity contribution in [3.8, 4) is 45.5 Å². The number of ether oxygens (including phenoxy) is 3. The second-order valence-electron chi connectivity index (χ2n) is 8.90. The quantitative estimate of drug-likeness (QED) is 0.0711. The van der Waals surface area contributed by atoms with Crippen LogP contribution < -0.4 is 9.47 Å². The van der Waals surface area contributed by atoms with E-state index in [1.165, 1.54) is 23.9 Å². The number of aromatic nitrogens is 5. The monoisotopic (exact) mass is 637 g/mol. The minimum absolute atomic E-state index is 0.0735. The molecule has 0 saturated carbocycles. The lowest BCUT2D eigenvalue weighted by Gasteiger charge is -2.11. The van der Waals surface area contributed by atoms with E-state index in [0.717, 1.165) is 10.3 Å². The number of benzene rings is 2. The first kappa shape index (κ1) is 30.1. The third-order valence-corrected chi connectivity index (χ3v) is 7.23. The number of pyridine rings is 1. The molecule has 0 unspecified atom stereocenters. The molecule has 0 aliphatic carbocycles. The molecule has 0 bridgehead atoms. The molecule has 3 heterocycles. The van der Waals surface area contributed by atoms with Crippen LogP contribution in [-0.4, -0.2) is 55.3 Å². The average molecular weight is 639 g/mol. The van der Waals surface area contributed by atoms with E-state index in [1.807, 2.05) is 42.7 Å². The van der Waals surface area contributed by atoms with Gasteiger partial charge in [-0.05, 0) is 61.2 Å². The van der Waals surface area contributed by atoms with Gasteiger partial charge in [0.25, 0.3) is 0 Å². The number of imidazole rings is 1. The standard InChI is InChI=1S/C30H25Cl2N5O5S/c1-3-40-25(38)17-42-21-14-22(31)26(23(32)15-21)29-36-27(28(37(29)39)24-9-12-34-30(35-24)43-2)19-5-4-6-20(13-19)41-16-18-7-10-33-11-8-18/h4-15,39H,3,16-17H2,1-2H3. The van der Waals surface area contributed by atoms with E-state index in [-0.39, 0.29) is 40.4 Å². The second kappa shape index (κ2) is 13.8. The summed E-state index contributed by atoms with van der Waals surface area (Å²) in [5.41, 5.74) is 3.02. The highest BCUT2D eigenvalue weighted by Crippen LogP contribution is 2.42. The molecule has 1 N–H and O–H groups in total. The van der Waals surface area contributed by atoms with Gasteiger partial charge >= 0.3 is 5.97 Å². The molecule has 220 valence electrons. The van der Waals surface area contributed by atoms with Crippen molar-refractivity contribution in [1.29, 1.82) is 0 Å². The summed E-state index contributed by atoms with van der Waals surface area (Å²) in [6, 6.07) is 15.7. The molecule has 0 amide bonds. The van der Waals surface area contributed by atoms with Crippen LogP contribution in [0.1, 0.15) is 12.5 Å². The highest BCUT2D eigenvalue weighted by Gasteiger charge is 2.26. The highest BCUT2D eigenvalue weighted by molar-refractivity contribution is 7.98. The number of hydrogen-bond donors (Lipinski definition) is 1. The number of carbonyl (C=O) groups is 1. The van der Waals surface area contributed by atoms with E-state index >= 15 is 0 Å². The zero-order chi connectivity index (χ0) is 30.3. The first-order valence-electron chi connectivity index (χ1n) is 13.0. The van der Waals surface area contributed by atoms with Crippen molar-refractivity contribution in [2.75, 3.05) is 19.5 Å². The van der Waals surface area contributed by atoms with Crippen LogP contribution in [0.25, 0.3) is 34.0 Å². The maximum atomic E-state index is 11.7. The predicted octanol–water partition coefficient (Wildman–Crippen LogP) is 6.86. The topological polar surface area (TPSA) is 121 Å². The van der Waals surface area contributed by atoms with Gasteiger partial charge in [0.1, 0.15) is 29.5 Å². The lowest BCUT2D eigenvalue weighted by atomic mass is 10.1. The van der Waals surface area contributed by atoms with Crippen LogP contribution in [0, 0.1) is 0 Å². The zero-order valence-electron chi connectivity index (χ0n) is 23.0. The SMILES string of the molecule is CCOC(=O)COc1cc(Cl)c(-c2nc(-c3cccc(OCc4ccncc4)c3)c(-c3ccnc(SC)n3)n2O)c(Cl)c1. The molecule has 13 heteroatoms. The molecular weight excluding hydrogens is 613 g/mol. The largest absolute Gasteiger partial charge is 0.489 e. The molecule has 43 heavy (non-hydrogen) atoms. The molecule has 5 aromatic rings. The summed E-state index contributed by atoms with van der Waals surface area (Å²) in [6.07, 6.45) is 6.87. The molecule has 0 saturated heterocycles. The van der Waals surface area contributed by atoms with E-state index in [9.17, 15) is 10.0 Å². The predicted molar refractivity (Wildman–Crippen MR) is 164 cm³/mol. The first-order valence-corrected chi connectivity index (χ1v) is 14.9. The Labute approximate surface area is 261 Å². The Morgan fingerprint density at radius 1 is 0.977 bits per heavy atom. The fraction of sp³-hybridized carbons (Fsp3) is 0.167. The van der Waals surface area contributed by atoms with Crippen molar-refractivity contribution in [3.05, 3.63) is 88.8 Å². The molecule has 2 aromatic carbocycles. The van der Waals surface area contributed by atoms with Gasteiger partial charge < -0.3 is 19.4 Å². The molecule has 0 atom stereocenters. The maximum Gasteiger partial charge on any atom is 0.344 e. The van der Waals surface area contributed by atoms with Crippen LogP contribution in [0.5, 0.6) is 11.5 Å². The molecule has 0 aliphatic heterocycles. The molecule has 5 rings (SSSR count). The average Bonchev–Trinajstić information content (AvgIpc) is 3.36. The van der Waals surface area contributed by atoms with Crippen LogP contribution in [0.15, 0.2) is 78.3 Å².